The molecule has 2 aliphatic heterocycles. The zero-order valence-corrected chi connectivity index (χ0v) is 30.8. The third-order valence-corrected chi connectivity index (χ3v) is 10.1. The van der Waals surface area contributed by atoms with Gasteiger partial charge < -0.3 is 9.55 Å². The second kappa shape index (κ2) is 14.5. The van der Waals surface area contributed by atoms with Crippen molar-refractivity contribution in [2.75, 3.05) is 0 Å². The Morgan fingerprint density at radius 2 is 0.883 bits per heavy atom. The zero-order chi connectivity index (χ0) is 41.7. The number of nitro benzene ring substituents is 4. The summed E-state index contributed by atoms with van der Waals surface area (Å²) in [5, 5.41) is 51.9. The summed E-state index contributed by atoms with van der Waals surface area (Å²) in [5.74, 6) is 0. The van der Waals surface area contributed by atoms with Crippen LogP contribution in [0, 0.1) is 40.5 Å². The van der Waals surface area contributed by atoms with Gasteiger partial charge in [0.15, 0.2) is 0 Å². The number of H-pyrrole nitrogens is 1. The van der Waals surface area contributed by atoms with Crippen LogP contribution >= 0.6 is 0 Å². The topological polar surface area (TPSA) is 219 Å². The Kier molecular flexibility index (Phi) is 8.90. The second-order valence-electron chi connectivity index (χ2n) is 13.6. The maximum absolute atomic E-state index is 13.0. The Morgan fingerprint density at radius 3 is 1.43 bits per heavy atom. The molecular weight excluding hydrogens is 769 g/mol. The lowest BCUT2D eigenvalue weighted by molar-refractivity contribution is -0.384. The van der Waals surface area contributed by atoms with Crippen LogP contribution in [-0.4, -0.2) is 39.2 Å². The van der Waals surface area contributed by atoms with E-state index in [1.54, 1.807) is 66.8 Å². The van der Waals surface area contributed by atoms with Crippen LogP contribution in [0.3, 0.4) is 0 Å². The minimum atomic E-state index is -0.604. The molecule has 0 amide bonds. The molecule has 1 N–H and O–H groups in total. The molecular formula is C44H26N8O8. The zero-order valence-electron chi connectivity index (χ0n) is 30.8. The summed E-state index contributed by atoms with van der Waals surface area (Å²) in [6, 6.07) is 32.1. The predicted molar refractivity (Wildman–Crippen MR) is 227 cm³/mol. The van der Waals surface area contributed by atoms with E-state index in [2.05, 4.69) is 4.98 Å². The van der Waals surface area contributed by atoms with E-state index in [1.807, 2.05) is 12.1 Å². The number of hydrogen-bond acceptors (Lipinski definition) is 10. The smallest absolute Gasteiger partial charge is 0.293 e. The van der Waals surface area contributed by atoms with Gasteiger partial charge in [0.05, 0.1) is 70.2 Å². The Bertz CT molecular complexity index is 3260. The molecule has 4 aromatic carbocycles. The molecule has 9 rings (SSSR count). The normalized spacial score (nSPS) is 11.7. The summed E-state index contributed by atoms with van der Waals surface area (Å²) in [5.41, 5.74) is 1.39. The molecule has 16 heteroatoms. The van der Waals surface area contributed by atoms with Crippen LogP contribution in [-0.2, 0) is 0 Å². The van der Waals surface area contributed by atoms with Gasteiger partial charge in [-0.2, -0.15) is 0 Å². The van der Waals surface area contributed by atoms with Crippen LogP contribution in [0.15, 0.2) is 127 Å². The predicted octanol–water partition coefficient (Wildman–Crippen LogP) is 10.8. The number of para-hydroxylation sites is 5. The fourth-order valence-corrected chi connectivity index (χ4v) is 7.69. The molecule has 0 radical (unpaired) electrons. The largest absolute Gasteiger partial charge is 0.355 e. The van der Waals surface area contributed by atoms with E-state index in [0.717, 1.165) is 0 Å². The molecule has 8 bridgehead atoms. The molecule has 0 spiro atoms. The van der Waals surface area contributed by atoms with Gasteiger partial charge in [0, 0.05) is 52.0 Å². The maximum atomic E-state index is 13.0. The second-order valence-corrected chi connectivity index (χ2v) is 13.6. The van der Waals surface area contributed by atoms with Crippen molar-refractivity contribution in [3.8, 4) is 39.1 Å². The van der Waals surface area contributed by atoms with Crippen molar-refractivity contribution >= 4 is 69.1 Å². The standard InChI is InChI=1S/C44H26N8O8/c53-49(54)35-12-4-1-9-31(35)41-34-22-21-29(47-34)24-28-18-17-26(45-28)23-27-19-20-30(46-27)25-40-42(32-10-2-5-13-36(32)50(55)56)43(33-11-3-6-14-37(33)51(57)58)44(41)48(40)38-15-7-8-16-39(38)52(59)60/h1-25,45H. The third kappa shape index (κ3) is 6.31. The van der Waals surface area contributed by atoms with Crippen molar-refractivity contribution in [3.05, 3.63) is 191 Å². The van der Waals surface area contributed by atoms with Gasteiger partial charge in [-0.15, -0.1) is 0 Å². The van der Waals surface area contributed by atoms with Gasteiger partial charge in [0.2, 0.25) is 0 Å². The number of fused-ring (bicyclic) bond motifs is 8. The number of benzene rings is 4. The van der Waals surface area contributed by atoms with Crippen LogP contribution < -0.4 is 0 Å². The van der Waals surface area contributed by atoms with Crippen LogP contribution in [0.4, 0.5) is 22.7 Å². The molecule has 7 aromatic rings. The number of rotatable bonds is 8. The van der Waals surface area contributed by atoms with Gasteiger partial charge in [-0.05, 0) is 78.9 Å². The molecule has 3 aromatic heterocycles. The number of hydrogen-bond donors (Lipinski definition) is 1. The lowest BCUT2D eigenvalue weighted by Crippen LogP contribution is -2.02. The fraction of sp³-hybridized carbons (Fsp3) is 0. The third-order valence-electron chi connectivity index (χ3n) is 10.1. The quantitative estimate of drug-likeness (QED) is 0.113. The highest BCUT2D eigenvalue weighted by atomic mass is 16.6. The molecule has 0 unspecified atom stereocenters. The highest BCUT2D eigenvalue weighted by Crippen LogP contribution is 2.52. The Balaban J connectivity index is 1.71. The number of nitrogens with zero attached hydrogens (tertiary/aromatic N) is 7. The van der Waals surface area contributed by atoms with Crippen molar-refractivity contribution in [1.82, 2.24) is 19.5 Å². The minimum absolute atomic E-state index is 0.00162. The first-order valence-electron chi connectivity index (χ1n) is 18.2. The first kappa shape index (κ1) is 36.7. The van der Waals surface area contributed by atoms with Gasteiger partial charge in [-0.1, -0.05) is 48.5 Å². The van der Waals surface area contributed by atoms with E-state index in [9.17, 15) is 40.5 Å². The SMILES string of the molecule is O=[N+]([O-])c1ccccc1-c1c(-c2ccccc2[N+](=O)[O-])c2c(-c3ccccc3[N+](=O)[O-])c3nc(cc4ccc(cc5nc(cc1n2-c1ccccc1[N+](=O)[O-])C=C5)[nH]4)C=C3. The molecule has 16 nitrogen and oxygen atoms in total. The van der Waals surface area contributed by atoms with Gasteiger partial charge in [0.1, 0.15) is 5.69 Å². The van der Waals surface area contributed by atoms with Crippen LogP contribution in [0.2, 0.25) is 0 Å². The van der Waals surface area contributed by atoms with Gasteiger partial charge >= 0.3 is 0 Å². The molecule has 60 heavy (non-hydrogen) atoms. The first-order chi connectivity index (χ1) is 29.1. The maximum Gasteiger partial charge on any atom is 0.293 e. The van der Waals surface area contributed by atoms with E-state index in [1.165, 1.54) is 77.4 Å². The number of aromatic nitrogens is 4. The van der Waals surface area contributed by atoms with Crippen LogP contribution in [0.1, 0.15) is 22.8 Å². The minimum Gasteiger partial charge on any atom is -0.355 e. The summed E-state index contributed by atoms with van der Waals surface area (Å²) in [4.78, 5) is 62.6. The lowest BCUT2D eigenvalue weighted by atomic mass is 9.91. The monoisotopic (exact) mass is 794 g/mol. The summed E-state index contributed by atoms with van der Waals surface area (Å²) in [6.45, 7) is 0. The van der Waals surface area contributed by atoms with Crippen LogP contribution in [0.5, 0.6) is 0 Å². The highest BCUT2D eigenvalue weighted by molar-refractivity contribution is 6.13. The van der Waals surface area contributed by atoms with E-state index in [4.69, 9.17) is 9.97 Å². The molecule has 0 atom stereocenters. The highest BCUT2D eigenvalue weighted by Gasteiger charge is 2.34. The van der Waals surface area contributed by atoms with Crippen molar-refractivity contribution < 1.29 is 19.7 Å². The molecule has 0 aliphatic carbocycles. The first-order valence-corrected chi connectivity index (χ1v) is 18.2. The number of nitrogens with one attached hydrogen (secondary N) is 1. The van der Waals surface area contributed by atoms with E-state index < -0.39 is 31.1 Å². The Morgan fingerprint density at radius 1 is 0.450 bits per heavy atom. The van der Waals surface area contributed by atoms with Gasteiger partial charge in [-0.3, -0.25) is 40.5 Å². The lowest BCUT2D eigenvalue weighted by Gasteiger charge is -2.14. The van der Waals surface area contributed by atoms with Gasteiger partial charge in [0.25, 0.3) is 22.7 Å². The van der Waals surface area contributed by atoms with Gasteiger partial charge in [-0.25, -0.2) is 9.97 Å². The summed E-state index contributed by atoms with van der Waals surface area (Å²) in [7, 11) is 0. The van der Waals surface area contributed by atoms with Crippen molar-refractivity contribution in [3.63, 3.8) is 0 Å². The summed E-state index contributed by atoms with van der Waals surface area (Å²) >= 11 is 0. The summed E-state index contributed by atoms with van der Waals surface area (Å²) in [6.07, 6.45) is 6.76. The number of nitro groups is 4. The average Bonchev–Trinajstić information content (AvgIpc) is 4.06. The van der Waals surface area contributed by atoms with E-state index in [0.29, 0.717) is 28.1 Å². The van der Waals surface area contributed by atoms with E-state index in [-0.39, 0.29) is 67.2 Å². The van der Waals surface area contributed by atoms with Crippen LogP contribution in [0.25, 0.3) is 85.4 Å². The molecule has 0 saturated carbocycles. The van der Waals surface area contributed by atoms with Crippen molar-refractivity contribution in [1.29, 1.82) is 0 Å². The Labute approximate surface area is 337 Å². The molecule has 0 saturated heterocycles. The fourth-order valence-electron chi connectivity index (χ4n) is 7.69. The Hall–Kier alpha value is -8.92. The molecule has 2 aliphatic rings. The molecule has 0 fully saturated rings. The van der Waals surface area contributed by atoms with Crippen molar-refractivity contribution in [2.24, 2.45) is 0 Å². The van der Waals surface area contributed by atoms with Crippen molar-refractivity contribution in [2.45, 2.75) is 0 Å². The average molecular weight is 795 g/mol. The molecule has 290 valence electrons. The summed E-state index contributed by atoms with van der Waals surface area (Å²) < 4.78 is 1.47. The van der Waals surface area contributed by atoms with E-state index >= 15 is 0 Å². The molecule has 5 heterocycles. The number of aromatic amines is 1.